The fourth-order valence-electron chi connectivity index (χ4n) is 7.19. The third-order valence-electron chi connectivity index (χ3n) is 13.1. The van der Waals surface area contributed by atoms with Crippen LogP contribution >= 0.6 is 11.3 Å². The van der Waals surface area contributed by atoms with Gasteiger partial charge in [0.15, 0.2) is 43.7 Å². The Morgan fingerprint density at radius 2 is 1.16 bits per heavy atom. The van der Waals surface area contributed by atoms with Crippen LogP contribution in [0.4, 0.5) is 0 Å². The number of aromatic nitrogens is 13. The molecule has 0 amide bonds. The minimum atomic E-state index is 0.0139. The molecule has 0 saturated heterocycles. The molecule has 0 fully saturated rings. The van der Waals surface area contributed by atoms with Gasteiger partial charge in [-0.05, 0) is 71.4 Å². The van der Waals surface area contributed by atoms with E-state index < -0.39 is 0 Å². The summed E-state index contributed by atoms with van der Waals surface area (Å²) in [6.07, 6.45) is 15.8. The molecule has 77 heavy (non-hydrogen) atoms. The zero-order valence-electron chi connectivity index (χ0n) is 49.8. The van der Waals surface area contributed by atoms with E-state index in [-0.39, 0.29) is 11.4 Å². The van der Waals surface area contributed by atoms with E-state index >= 15 is 0 Å². The molecular weight excluding hydrogens is 983 g/mol. The van der Waals surface area contributed by atoms with Gasteiger partial charge in [-0.25, -0.2) is 22.8 Å². The van der Waals surface area contributed by atoms with Gasteiger partial charge < -0.3 is 5.11 Å². The summed E-state index contributed by atoms with van der Waals surface area (Å²) in [4.78, 5) is 22.5. The van der Waals surface area contributed by atoms with E-state index in [2.05, 4.69) is 104 Å². The van der Waals surface area contributed by atoms with Crippen LogP contribution in [0.15, 0.2) is 150 Å². The first-order valence-corrected chi connectivity index (χ1v) is 26.1. The fourth-order valence-corrected chi connectivity index (χ4v) is 8.20. The van der Waals surface area contributed by atoms with Crippen molar-refractivity contribution in [2.45, 2.75) is 62.3 Å². The van der Waals surface area contributed by atoms with E-state index in [1.165, 1.54) is 32.0 Å². The van der Waals surface area contributed by atoms with Crippen molar-refractivity contribution in [1.29, 1.82) is 0 Å². The number of fused-ring (bicyclic) bond motifs is 2. The highest BCUT2D eigenvalue weighted by atomic mass is 32.1. The molecule has 8 aromatic heterocycles. The van der Waals surface area contributed by atoms with Crippen LogP contribution in [0.3, 0.4) is 0 Å². The van der Waals surface area contributed by atoms with Gasteiger partial charge in [0.2, 0.25) is 22.5 Å². The summed E-state index contributed by atoms with van der Waals surface area (Å²) in [7, 11) is 23.1. The highest BCUT2D eigenvalue weighted by Gasteiger charge is 2.14. The molecule has 16 nitrogen and oxygen atoms in total. The Kier molecular flexibility index (Phi) is 24.5. The van der Waals surface area contributed by atoms with Gasteiger partial charge in [-0.1, -0.05) is 29.5 Å². The molecule has 2 aromatic carbocycles. The molecule has 10 rings (SSSR count). The molecular formula is C60H87N13O3S+8. The number of rotatable bonds is 0. The second-order valence-electron chi connectivity index (χ2n) is 19.2. The van der Waals surface area contributed by atoms with E-state index in [1.807, 2.05) is 190 Å². The number of hydrogen-bond acceptors (Lipinski definition) is 5. The van der Waals surface area contributed by atoms with Crippen molar-refractivity contribution in [3.8, 4) is 5.75 Å². The van der Waals surface area contributed by atoms with Gasteiger partial charge in [0, 0.05) is 85.5 Å². The first kappa shape index (κ1) is 63.2. The number of benzene rings is 2. The summed E-state index contributed by atoms with van der Waals surface area (Å²) in [6.45, 7) is 18.1. The molecule has 8 heterocycles. The number of aromatic hydroxyl groups is 1. The van der Waals surface area contributed by atoms with Gasteiger partial charge in [-0.2, -0.15) is 32.5 Å². The summed E-state index contributed by atoms with van der Waals surface area (Å²) >= 11 is 1.84. The smallest absolute Gasteiger partial charge is 0.497 e. The third-order valence-corrected chi connectivity index (χ3v) is 14.3. The topological polar surface area (TPSA) is 118 Å². The molecule has 0 bridgehead atoms. The minimum absolute atomic E-state index is 0.0139. The zero-order chi connectivity index (χ0) is 57.8. The average Bonchev–Trinajstić information content (AvgIpc) is 3.99. The summed E-state index contributed by atoms with van der Waals surface area (Å²) < 4.78 is 24.0. The second kappa shape index (κ2) is 29.9. The monoisotopic (exact) mass is 1070 g/mol. The Morgan fingerprint density at radius 1 is 0.532 bits per heavy atom. The highest BCUT2D eigenvalue weighted by Crippen LogP contribution is 2.24. The number of pyridine rings is 3. The normalized spacial score (nSPS) is 10.0. The third kappa shape index (κ3) is 18.9. The summed E-state index contributed by atoms with van der Waals surface area (Å²) in [5.74, 6) is 1.51. The fraction of sp³-hybridized carbons (Fsp3) is 0.350. The van der Waals surface area contributed by atoms with Crippen LogP contribution in [-0.4, -0.2) is 28.7 Å². The van der Waals surface area contributed by atoms with Crippen molar-refractivity contribution in [3.63, 3.8) is 0 Å². The van der Waals surface area contributed by atoms with Crippen molar-refractivity contribution in [1.82, 2.24) is 23.6 Å². The Balaban J connectivity index is 0.000000233. The van der Waals surface area contributed by atoms with Crippen LogP contribution in [0.25, 0.3) is 21.1 Å². The molecule has 10 aromatic rings. The standard InChI is InChI=1S/C10H12N2O.C9H10NS.C8H13N2O.C7H11N2O.3C7H10N.C5H10N3/c1-7-9(13)5-4-8-6-11(2)12(3)10(7)8;1-7-10(2)8-5-3-4-6-9(8)11-7;1-6-5-7(2)10(4)8(11)9(6)3;1-6-4-5-8(2)7(10)9(6)3;1-7-3-5-8(2)6-4-7;1-7-4-3-5-8(2)6-7;1-7-5-3-4-6-8(7)2;1-5-7(2)4-6-8(5)3/h4-6H,1-3H3;3-6H,1-2H3;5H,1-4H3;4-5H,1-3H3;3*3-6H,1-2H3;4H,1-3H3/q;7*+1/p+1. The molecule has 0 spiro atoms. The minimum Gasteiger partial charge on any atom is -0.508 e. The average molecular weight is 1070 g/mol. The zero-order valence-corrected chi connectivity index (χ0v) is 50.6. The summed E-state index contributed by atoms with van der Waals surface area (Å²) in [6, 6.07) is 30.5. The Bertz CT molecular complexity index is 3520. The lowest BCUT2D eigenvalue weighted by Gasteiger charge is -1.99. The molecule has 0 saturated carbocycles. The van der Waals surface area contributed by atoms with E-state index in [9.17, 15) is 14.7 Å². The predicted molar refractivity (Wildman–Crippen MR) is 304 cm³/mol. The largest absolute Gasteiger partial charge is 0.508 e. The highest BCUT2D eigenvalue weighted by molar-refractivity contribution is 7.18. The number of hydrogen-bond donors (Lipinski definition) is 1. The Morgan fingerprint density at radius 3 is 1.65 bits per heavy atom. The number of phenolic OH excluding ortho intramolecular Hbond substituents is 1. The van der Waals surface area contributed by atoms with Crippen molar-refractivity contribution >= 4 is 32.5 Å². The van der Waals surface area contributed by atoms with Gasteiger partial charge in [-0.3, -0.25) is 0 Å². The molecule has 0 radical (unpaired) electrons. The van der Waals surface area contributed by atoms with Crippen molar-refractivity contribution in [3.05, 3.63) is 212 Å². The molecule has 0 aliphatic carbocycles. The van der Waals surface area contributed by atoms with Crippen molar-refractivity contribution < 1.29 is 41.8 Å². The lowest BCUT2D eigenvalue weighted by molar-refractivity contribution is -0.748. The SMILES string of the molecule is Cc1c(O)ccc2c[n+](C)n(C)c12.Cc1cc(C)[n+](C)c(=O)n1C.Cc1cc[n+](C)c(=O)n1C.Cc1cc[n+](C)cc1.Cc1ccc[n+](C)c1.Cc1cccc[n+]1C.Cc1n(C)nc[n+]1C.Cc1sc2ccccc2[n+]1C. The first-order valence-electron chi connectivity index (χ1n) is 25.3. The maximum Gasteiger partial charge on any atom is 0.497 e. The lowest BCUT2D eigenvalue weighted by Crippen LogP contribution is -2.53. The number of phenols is 1. The number of para-hydroxylation sites is 1. The summed E-state index contributed by atoms with van der Waals surface area (Å²) in [5, 5.41) is 16.0. The molecule has 0 atom stereocenters. The van der Waals surface area contributed by atoms with E-state index in [0.717, 1.165) is 39.4 Å². The van der Waals surface area contributed by atoms with Gasteiger partial charge in [0.1, 0.15) is 61.2 Å². The van der Waals surface area contributed by atoms with E-state index in [4.69, 9.17) is 0 Å². The predicted octanol–water partition coefficient (Wildman–Crippen LogP) is 4.41. The second-order valence-corrected chi connectivity index (χ2v) is 20.4. The van der Waals surface area contributed by atoms with Crippen LogP contribution in [0, 0.1) is 62.3 Å². The lowest BCUT2D eigenvalue weighted by atomic mass is 10.1. The quantitative estimate of drug-likeness (QED) is 0.227. The van der Waals surface area contributed by atoms with Gasteiger partial charge >= 0.3 is 11.4 Å². The van der Waals surface area contributed by atoms with Crippen LogP contribution in [-0.2, 0) is 84.6 Å². The maximum atomic E-state index is 11.3. The van der Waals surface area contributed by atoms with Crippen LogP contribution in [0.1, 0.15) is 50.3 Å². The number of aryl methyl sites for hydroxylation is 17. The molecule has 0 unspecified atom stereocenters. The number of thiazole rings is 1. The van der Waals surface area contributed by atoms with E-state index in [0.29, 0.717) is 5.75 Å². The van der Waals surface area contributed by atoms with Crippen molar-refractivity contribution in [2.24, 2.45) is 84.6 Å². The number of nitrogens with zero attached hydrogens (tertiary/aromatic N) is 13. The van der Waals surface area contributed by atoms with Gasteiger partial charge in [-0.15, -0.1) is 9.36 Å². The molecule has 17 heteroatoms. The maximum absolute atomic E-state index is 11.3. The first-order chi connectivity index (χ1) is 36.2. The Labute approximate surface area is 460 Å². The van der Waals surface area contributed by atoms with Gasteiger partial charge in [0.05, 0.1) is 60.9 Å². The Hall–Kier alpha value is -8.05. The summed E-state index contributed by atoms with van der Waals surface area (Å²) in [5.41, 5.74) is 10.2. The van der Waals surface area contributed by atoms with Crippen LogP contribution in [0.2, 0.25) is 0 Å². The molecule has 1 N–H and O–H groups in total. The van der Waals surface area contributed by atoms with Crippen LogP contribution in [0.5, 0.6) is 5.75 Å². The van der Waals surface area contributed by atoms with Crippen LogP contribution < -0.4 is 48.0 Å². The molecule has 0 aliphatic rings. The van der Waals surface area contributed by atoms with Gasteiger partial charge in [0.25, 0.3) is 6.33 Å². The molecule has 0 aliphatic heterocycles. The van der Waals surface area contributed by atoms with E-state index in [1.54, 1.807) is 65.0 Å². The van der Waals surface area contributed by atoms with Crippen molar-refractivity contribution in [2.75, 3.05) is 0 Å². The molecule has 408 valence electrons.